The fraction of sp³-hybridized carbons (Fsp3) is 0.190. The molecule has 152 valence electrons. The lowest BCUT2D eigenvalue weighted by atomic mass is 10.1. The number of carbonyl (C=O) groups excluding carboxylic acids is 1. The van der Waals surface area contributed by atoms with E-state index in [9.17, 15) is 18.0 Å². The lowest BCUT2D eigenvalue weighted by Gasteiger charge is -2.22. The predicted octanol–water partition coefficient (Wildman–Crippen LogP) is 4.60. The van der Waals surface area contributed by atoms with Gasteiger partial charge in [-0.15, -0.1) is 0 Å². The maximum Gasteiger partial charge on any atom is 0.433 e. The van der Waals surface area contributed by atoms with Gasteiger partial charge in [-0.05, 0) is 43.2 Å². The minimum absolute atomic E-state index is 0.00235. The number of halogens is 3. The number of carbonyl (C=O) groups is 1. The topological polar surface area (TPSA) is 63.6 Å². The van der Waals surface area contributed by atoms with Gasteiger partial charge in [-0.2, -0.15) is 18.3 Å². The van der Waals surface area contributed by atoms with Gasteiger partial charge < -0.3 is 9.32 Å². The van der Waals surface area contributed by atoms with Crippen LogP contribution in [0.5, 0.6) is 0 Å². The summed E-state index contributed by atoms with van der Waals surface area (Å²) in [5, 5.41) is 3.84. The number of nitrogens with zero attached hydrogens (tertiary/aromatic N) is 4. The van der Waals surface area contributed by atoms with Gasteiger partial charge in [0.05, 0.1) is 12.5 Å². The summed E-state index contributed by atoms with van der Waals surface area (Å²) in [5.74, 6) is -0.276. The lowest BCUT2D eigenvalue weighted by molar-refractivity contribution is -0.142. The summed E-state index contributed by atoms with van der Waals surface area (Å²) in [7, 11) is 0. The first-order valence-electron chi connectivity index (χ1n) is 9.26. The summed E-state index contributed by atoms with van der Waals surface area (Å²) in [6.45, 7) is 1.90. The van der Waals surface area contributed by atoms with E-state index in [-0.39, 0.29) is 28.7 Å². The number of benzene rings is 1. The highest BCUT2D eigenvalue weighted by molar-refractivity contribution is 6.11. The molecule has 0 bridgehead atoms. The van der Waals surface area contributed by atoms with Gasteiger partial charge in [-0.25, -0.2) is 9.50 Å². The van der Waals surface area contributed by atoms with Crippen molar-refractivity contribution < 1.29 is 22.4 Å². The molecule has 1 amide bonds. The molecule has 0 radical (unpaired) electrons. The second-order valence-corrected chi connectivity index (χ2v) is 7.15. The number of alkyl halides is 3. The normalized spacial score (nSPS) is 16.3. The zero-order chi connectivity index (χ0) is 21.0. The highest BCUT2D eigenvalue weighted by Crippen LogP contribution is 2.36. The molecule has 9 heteroatoms. The van der Waals surface area contributed by atoms with Gasteiger partial charge in [0, 0.05) is 11.7 Å². The number of hydrogen-bond acceptors (Lipinski definition) is 4. The quantitative estimate of drug-likeness (QED) is 0.483. The van der Waals surface area contributed by atoms with Crippen LogP contribution in [0.3, 0.4) is 0 Å². The summed E-state index contributed by atoms with van der Waals surface area (Å²) >= 11 is 0. The van der Waals surface area contributed by atoms with Gasteiger partial charge in [0.15, 0.2) is 17.1 Å². The molecular weight excluding hydrogens is 397 g/mol. The highest BCUT2D eigenvalue weighted by Gasteiger charge is 2.38. The van der Waals surface area contributed by atoms with Crippen molar-refractivity contribution in [2.75, 3.05) is 4.90 Å². The van der Waals surface area contributed by atoms with Crippen LogP contribution in [-0.2, 0) is 12.6 Å². The Morgan fingerprint density at radius 1 is 1.20 bits per heavy atom. The van der Waals surface area contributed by atoms with Crippen LogP contribution < -0.4 is 4.90 Å². The standard InChI is InChI=1S/C21H15F3N4O2/c1-12-9-13-5-2-3-6-16(13)27(12)20(29)14-11-25-28-18(21(22,23)24)10-15(26-19(14)28)17-7-4-8-30-17/h2-8,10-12H,9H2,1H3/t12-/m1/s1. The average molecular weight is 412 g/mol. The molecule has 0 saturated carbocycles. The maximum absolute atomic E-state index is 13.7. The molecule has 5 rings (SSSR count). The van der Waals surface area contributed by atoms with Crippen molar-refractivity contribution in [2.24, 2.45) is 0 Å². The average Bonchev–Trinajstić information content (AvgIpc) is 3.43. The van der Waals surface area contributed by atoms with Crippen LogP contribution in [0.25, 0.3) is 17.1 Å². The Kier molecular flexibility index (Phi) is 3.96. The summed E-state index contributed by atoms with van der Waals surface area (Å²) < 4.78 is 47.0. The van der Waals surface area contributed by atoms with Crippen LogP contribution in [0, 0.1) is 0 Å². The molecule has 4 aromatic rings. The number of fused-ring (bicyclic) bond motifs is 2. The van der Waals surface area contributed by atoms with Gasteiger partial charge in [0.1, 0.15) is 11.3 Å². The zero-order valence-corrected chi connectivity index (χ0v) is 15.7. The van der Waals surface area contributed by atoms with Crippen molar-refractivity contribution in [1.82, 2.24) is 14.6 Å². The summed E-state index contributed by atoms with van der Waals surface area (Å²) in [5.41, 5.74) is 0.523. The molecule has 0 N–H and O–H groups in total. The smallest absolute Gasteiger partial charge is 0.433 e. The molecule has 6 nitrogen and oxygen atoms in total. The number of rotatable bonds is 2. The number of hydrogen-bond donors (Lipinski definition) is 0. The first-order valence-corrected chi connectivity index (χ1v) is 9.26. The van der Waals surface area contributed by atoms with Crippen LogP contribution in [-0.4, -0.2) is 26.5 Å². The third kappa shape index (κ3) is 2.77. The minimum Gasteiger partial charge on any atom is -0.463 e. The van der Waals surface area contributed by atoms with Crippen LogP contribution in [0.15, 0.2) is 59.3 Å². The molecule has 1 aromatic carbocycles. The fourth-order valence-corrected chi connectivity index (χ4v) is 3.87. The van der Waals surface area contributed by atoms with Gasteiger partial charge in [-0.1, -0.05) is 18.2 Å². The summed E-state index contributed by atoms with van der Waals surface area (Å²) in [6, 6.07) is 11.3. The second kappa shape index (κ2) is 6.45. The lowest BCUT2D eigenvalue weighted by Crippen LogP contribution is -2.35. The molecule has 1 aliphatic heterocycles. The second-order valence-electron chi connectivity index (χ2n) is 7.15. The highest BCUT2D eigenvalue weighted by atomic mass is 19.4. The maximum atomic E-state index is 13.7. The van der Waals surface area contributed by atoms with E-state index in [2.05, 4.69) is 10.1 Å². The number of para-hydroxylation sites is 1. The largest absolute Gasteiger partial charge is 0.463 e. The number of furan rings is 1. The van der Waals surface area contributed by atoms with Crippen molar-refractivity contribution in [3.8, 4) is 11.5 Å². The Hall–Kier alpha value is -3.62. The van der Waals surface area contributed by atoms with E-state index in [1.54, 1.807) is 11.0 Å². The van der Waals surface area contributed by atoms with E-state index in [1.807, 2.05) is 31.2 Å². The van der Waals surface area contributed by atoms with E-state index >= 15 is 0 Å². The molecule has 30 heavy (non-hydrogen) atoms. The summed E-state index contributed by atoms with van der Waals surface area (Å²) in [6.07, 6.45) is -1.54. The van der Waals surface area contributed by atoms with E-state index in [0.717, 1.165) is 23.5 Å². The molecule has 3 aromatic heterocycles. The van der Waals surface area contributed by atoms with Gasteiger partial charge in [0.2, 0.25) is 0 Å². The zero-order valence-electron chi connectivity index (χ0n) is 15.7. The predicted molar refractivity (Wildman–Crippen MR) is 102 cm³/mol. The van der Waals surface area contributed by atoms with Crippen molar-refractivity contribution in [3.05, 3.63) is 71.7 Å². The third-order valence-electron chi connectivity index (χ3n) is 5.19. The Balaban J connectivity index is 1.69. The molecule has 1 aliphatic rings. The van der Waals surface area contributed by atoms with E-state index in [0.29, 0.717) is 10.9 Å². The molecule has 0 unspecified atom stereocenters. The van der Waals surface area contributed by atoms with E-state index in [4.69, 9.17) is 4.42 Å². The summed E-state index contributed by atoms with van der Waals surface area (Å²) in [4.78, 5) is 19.3. The van der Waals surface area contributed by atoms with Gasteiger partial charge >= 0.3 is 6.18 Å². The van der Waals surface area contributed by atoms with Crippen LogP contribution >= 0.6 is 0 Å². The third-order valence-corrected chi connectivity index (χ3v) is 5.19. The molecule has 4 heterocycles. The Bertz CT molecular complexity index is 1260. The van der Waals surface area contributed by atoms with Crippen molar-refractivity contribution >= 4 is 17.2 Å². The van der Waals surface area contributed by atoms with Crippen LogP contribution in [0.1, 0.15) is 28.5 Å². The molecule has 0 fully saturated rings. The number of amides is 1. The molecule has 0 saturated heterocycles. The Morgan fingerprint density at radius 3 is 2.73 bits per heavy atom. The van der Waals surface area contributed by atoms with E-state index < -0.39 is 17.8 Å². The minimum atomic E-state index is -4.69. The first kappa shape index (κ1) is 18.4. The van der Waals surface area contributed by atoms with Crippen LogP contribution in [0.2, 0.25) is 0 Å². The fourth-order valence-electron chi connectivity index (χ4n) is 3.87. The Morgan fingerprint density at radius 2 is 2.00 bits per heavy atom. The molecule has 1 atom stereocenters. The van der Waals surface area contributed by atoms with Crippen LogP contribution in [0.4, 0.5) is 18.9 Å². The SMILES string of the molecule is C[C@@H]1Cc2ccccc2N1C(=O)c1cnn2c(C(F)(F)F)cc(-c3ccco3)nc12. The monoisotopic (exact) mass is 412 g/mol. The van der Waals surface area contributed by atoms with Gasteiger partial charge in [0.25, 0.3) is 5.91 Å². The molecule has 0 spiro atoms. The number of aromatic nitrogens is 3. The van der Waals surface area contributed by atoms with Crippen molar-refractivity contribution in [2.45, 2.75) is 25.6 Å². The Labute approximate surface area is 168 Å². The van der Waals surface area contributed by atoms with Crippen molar-refractivity contribution in [1.29, 1.82) is 0 Å². The number of anilines is 1. The molecule has 0 aliphatic carbocycles. The van der Waals surface area contributed by atoms with Gasteiger partial charge in [-0.3, -0.25) is 4.79 Å². The van der Waals surface area contributed by atoms with E-state index in [1.165, 1.54) is 12.3 Å². The van der Waals surface area contributed by atoms with Crippen molar-refractivity contribution in [3.63, 3.8) is 0 Å². The first-order chi connectivity index (χ1) is 14.3. The molecular formula is C21H15F3N4O2.